The van der Waals surface area contributed by atoms with Gasteiger partial charge in [0.25, 0.3) is 0 Å². The average Bonchev–Trinajstić information content (AvgIpc) is 2.69. The van der Waals surface area contributed by atoms with Crippen LogP contribution in [0.1, 0.15) is 59.3 Å². The smallest absolute Gasteiger partial charge is 0.211 e. The highest BCUT2D eigenvalue weighted by Gasteiger charge is 2.10. The van der Waals surface area contributed by atoms with Crippen LogP contribution in [0.4, 0.5) is 5.69 Å². The summed E-state index contributed by atoms with van der Waals surface area (Å²) in [6, 6.07) is 15.8. The highest BCUT2D eigenvalue weighted by atomic mass is 16.5. The molecule has 0 aliphatic heterocycles. The molecular formula is C23H33NO2. The van der Waals surface area contributed by atoms with Crippen LogP contribution in [-0.2, 0) is 4.79 Å². The molecule has 2 aromatic rings. The van der Waals surface area contributed by atoms with Gasteiger partial charge in [0.05, 0.1) is 12.3 Å². The van der Waals surface area contributed by atoms with Gasteiger partial charge in [0.2, 0.25) is 6.41 Å². The highest BCUT2D eigenvalue weighted by Crippen LogP contribution is 2.35. The van der Waals surface area contributed by atoms with Crippen molar-refractivity contribution in [3.63, 3.8) is 0 Å². The van der Waals surface area contributed by atoms with Crippen LogP contribution < -0.4 is 10.1 Å². The molecule has 1 amide bonds. The first kappa shape index (κ1) is 21.8. The predicted molar refractivity (Wildman–Crippen MR) is 112 cm³/mol. The first-order chi connectivity index (χ1) is 12.8. The number of rotatable bonds is 10. The Bertz CT molecular complexity index is 607. The van der Waals surface area contributed by atoms with E-state index in [0.29, 0.717) is 18.8 Å². The van der Waals surface area contributed by atoms with Crippen molar-refractivity contribution in [1.82, 2.24) is 0 Å². The number of unbranched alkanes of at least 4 members (excludes halogenated alkanes) is 4. The van der Waals surface area contributed by atoms with Crippen molar-refractivity contribution in [3.8, 4) is 16.9 Å². The Kier molecular flexibility index (Phi) is 11.7. The van der Waals surface area contributed by atoms with E-state index in [1.807, 2.05) is 48.5 Å². The predicted octanol–water partition coefficient (Wildman–Crippen LogP) is 6.69. The minimum absolute atomic E-state index is 0.655. The van der Waals surface area contributed by atoms with Gasteiger partial charge in [-0.3, -0.25) is 4.79 Å². The molecule has 0 spiro atoms. The lowest BCUT2D eigenvalue weighted by Crippen LogP contribution is -2.03. The van der Waals surface area contributed by atoms with Gasteiger partial charge in [-0.1, -0.05) is 95.3 Å². The van der Waals surface area contributed by atoms with Crippen LogP contribution in [0, 0.1) is 0 Å². The number of benzene rings is 2. The van der Waals surface area contributed by atoms with Gasteiger partial charge in [0.1, 0.15) is 5.75 Å². The fourth-order valence-corrected chi connectivity index (χ4v) is 2.54. The number of carbonyl (C=O) groups excluding carboxylic acids is 1. The summed E-state index contributed by atoms with van der Waals surface area (Å²) in [6.07, 6.45) is 8.30. The second-order valence-corrected chi connectivity index (χ2v) is 6.22. The van der Waals surface area contributed by atoms with Crippen molar-refractivity contribution < 1.29 is 9.53 Å². The lowest BCUT2D eigenvalue weighted by molar-refractivity contribution is -0.105. The highest BCUT2D eigenvalue weighted by molar-refractivity contribution is 5.88. The van der Waals surface area contributed by atoms with E-state index in [1.54, 1.807) is 0 Å². The minimum atomic E-state index is 0.655. The number of amides is 1. The Morgan fingerprint density at radius 3 is 2.08 bits per heavy atom. The van der Waals surface area contributed by atoms with E-state index in [9.17, 15) is 4.79 Å². The van der Waals surface area contributed by atoms with E-state index in [1.165, 1.54) is 25.7 Å². The second kappa shape index (κ2) is 13.9. The molecule has 3 nitrogen and oxygen atoms in total. The Labute approximate surface area is 158 Å². The van der Waals surface area contributed by atoms with Crippen LogP contribution in [0.2, 0.25) is 0 Å². The third kappa shape index (κ3) is 7.73. The second-order valence-electron chi connectivity index (χ2n) is 6.22. The molecule has 0 bridgehead atoms. The molecule has 0 heterocycles. The van der Waals surface area contributed by atoms with E-state index in [0.717, 1.165) is 29.7 Å². The van der Waals surface area contributed by atoms with Crippen molar-refractivity contribution >= 4 is 12.1 Å². The Balaban J connectivity index is 0.000000487. The van der Waals surface area contributed by atoms with E-state index < -0.39 is 0 Å². The molecule has 0 atom stereocenters. The zero-order valence-corrected chi connectivity index (χ0v) is 16.5. The lowest BCUT2D eigenvalue weighted by Gasteiger charge is -2.14. The fraction of sp³-hybridized carbons (Fsp3) is 0.435. The quantitative estimate of drug-likeness (QED) is 0.381. The molecule has 26 heavy (non-hydrogen) atoms. The third-order valence-electron chi connectivity index (χ3n) is 4.03. The first-order valence-electron chi connectivity index (χ1n) is 9.79. The van der Waals surface area contributed by atoms with Crippen molar-refractivity contribution in [2.75, 3.05) is 11.9 Å². The summed E-state index contributed by atoms with van der Waals surface area (Å²) in [5.41, 5.74) is 2.74. The van der Waals surface area contributed by atoms with E-state index >= 15 is 0 Å². The number of ether oxygens (including phenoxy) is 1. The molecule has 0 saturated carbocycles. The Morgan fingerprint density at radius 1 is 0.846 bits per heavy atom. The minimum Gasteiger partial charge on any atom is -0.491 e. The number of anilines is 1. The summed E-state index contributed by atoms with van der Waals surface area (Å²) in [6.45, 7) is 7.24. The largest absolute Gasteiger partial charge is 0.491 e. The molecular weight excluding hydrogens is 322 g/mol. The number of carbonyl (C=O) groups is 1. The van der Waals surface area contributed by atoms with Crippen LogP contribution >= 0.6 is 0 Å². The van der Waals surface area contributed by atoms with Crippen molar-refractivity contribution in [2.24, 2.45) is 0 Å². The molecule has 142 valence electrons. The van der Waals surface area contributed by atoms with Gasteiger partial charge in [0.15, 0.2) is 0 Å². The summed E-state index contributed by atoms with van der Waals surface area (Å²) in [7, 11) is 0. The monoisotopic (exact) mass is 355 g/mol. The molecule has 0 aromatic heterocycles. The van der Waals surface area contributed by atoms with Crippen LogP contribution in [0.3, 0.4) is 0 Å². The first-order valence-corrected chi connectivity index (χ1v) is 9.79. The zero-order chi connectivity index (χ0) is 19.0. The molecule has 0 unspecified atom stereocenters. The molecule has 0 fully saturated rings. The summed E-state index contributed by atoms with van der Waals surface area (Å²) in [5.74, 6) is 0.715. The summed E-state index contributed by atoms with van der Waals surface area (Å²) in [4.78, 5) is 10.9. The molecule has 0 saturated heterocycles. The number of para-hydroxylation sites is 1. The van der Waals surface area contributed by atoms with Gasteiger partial charge in [0, 0.05) is 5.56 Å². The van der Waals surface area contributed by atoms with Gasteiger partial charge < -0.3 is 10.1 Å². The van der Waals surface area contributed by atoms with Gasteiger partial charge in [-0.25, -0.2) is 0 Å². The van der Waals surface area contributed by atoms with Crippen LogP contribution in [0.25, 0.3) is 11.1 Å². The van der Waals surface area contributed by atoms with Crippen LogP contribution in [0.15, 0.2) is 48.5 Å². The fourth-order valence-electron chi connectivity index (χ4n) is 2.54. The van der Waals surface area contributed by atoms with E-state index in [4.69, 9.17) is 4.74 Å². The molecule has 1 N–H and O–H groups in total. The van der Waals surface area contributed by atoms with E-state index in [-0.39, 0.29) is 0 Å². The van der Waals surface area contributed by atoms with Crippen LogP contribution in [-0.4, -0.2) is 13.0 Å². The van der Waals surface area contributed by atoms with Crippen LogP contribution in [0.5, 0.6) is 5.75 Å². The van der Waals surface area contributed by atoms with Gasteiger partial charge >= 0.3 is 0 Å². The maximum atomic E-state index is 10.9. The molecule has 3 heteroatoms. The average molecular weight is 356 g/mol. The molecule has 0 aliphatic rings. The summed E-state index contributed by atoms with van der Waals surface area (Å²) < 4.78 is 5.77. The lowest BCUT2D eigenvalue weighted by atomic mass is 10.0. The SMILES string of the molecule is CCCCCC.CCCCOc1cccc(-c2ccccc2)c1NC=O. The Morgan fingerprint density at radius 2 is 1.50 bits per heavy atom. The molecule has 0 radical (unpaired) electrons. The maximum Gasteiger partial charge on any atom is 0.211 e. The summed E-state index contributed by atoms with van der Waals surface area (Å²) in [5, 5.41) is 2.76. The summed E-state index contributed by atoms with van der Waals surface area (Å²) >= 11 is 0. The number of hydrogen-bond donors (Lipinski definition) is 1. The third-order valence-corrected chi connectivity index (χ3v) is 4.03. The number of nitrogens with one attached hydrogen (secondary N) is 1. The number of hydrogen-bond acceptors (Lipinski definition) is 2. The topological polar surface area (TPSA) is 38.3 Å². The standard InChI is InChI=1S/C17H19NO2.C6H14/c1-2-3-12-20-16-11-7-10-15(17(16)18-13-19)14-8-5-4-6-9-14;1-3-5-6-4-2/h4-11,13H,2-3,12H2,1H3,(H,18,19);3-6H2,1-2H3. The maximum absolute atomic E-state index is 10.9. The normalized spacial score (nSPS) is 9.81. The van der Waals surface area contributed by atoms with Gasteiger partial charge in [-0.2, -0.15) is 0 Å². The van der Waals surface area contributed by atoms with Gasteiger partial charge in [-0.05, 0) is 18.1 Å². The van der Waals surface area contributed by atoms with Crippen molar-refractivity contribution in [3.05, 3.63) is 48.5 Å². The Hall–Kier alpha value is -2.29. The zero-order valence-electron chi connectivity index (χ0n) is 16.5. The molecule has 0 aliphatic carbocycles. The van der Waals surface area contributed by atoms with E-state index in [2.05, 4.69) is 26.1 Å². The molecule has 2 rings (SSSR count). The van der Waals surface area contributed by atoms with Gasteiger partial charge in [-0.15, -0.1) is 0 Å². The van der Waals surface area contributed by atoms with Crippen molar-refractivity contribution in [2.45, 2.75) is 59.3 Å². The van der Waals surface area contributed by atoms with Crippen molar-refractivity contribution in [1.29, 1.82) is 0 Å². The molecule has 2 aromatic carbocycles.